The van der Waals surface area contributed by atoms with E-state index in [9.17, 15) is 4.79 Å². The lowest BCUT2D eigenvalue weighted by Gasteiger charge is -2.08. The number of aromatic nitrogens is 2. The molecule has 1 atom stereocenters. The molecule has 84 valence electrons. The van der Waals surface area contributed by atoms with E-state index in [0.29, 0.717) is 18.1 Å². The van der Waals surface area contributed by atoms with E-state index >= 15 is 0 Å². The minimum absolute atomic E-state index is 0.102. The van der Waals surface area contributed by atoms with Gasteiger partial charge < -0.3 is 5.32 Å². The summed E-state index contributed by atoms with van der Waals surface area (Å²) >= 11 is 5.65. The molecule has 1 heterocycles. The quantitative estimate of drug-likeness (QED) is 0.792. The molecule has 0 radical (unpaired) electrons. The lowest BCUT2D eigenvalue weighted by molar-refractivity contribution is 0.0940. The Bertz CT molecular complexity index is 348. The number of aryl methyl sites for hydroxylation is 2. The highest BCUT2D eigenvalue weighted by Gasteiger charge is 2.11. The van der Waals surface area contributed by atoms with Crippen molar-refractivity contribution < 1.29 is 4.79 Å². The van der Waals surface area contributed by atoms with Gasteiger partial charge >= 0.3 is 0 Å². The number of hydrogen-bond donors (Lipinski definition) is 1. The van der Waals surface area contributed by atoms with Crippen molar-refractivity contribution in [1.29, 1.82) is 0 Å². The summed E-state index contributed by atoms with van der Waals surface area (Å²) in [7, 11) is 1.76. The van der Waals surface area contributed by atoms with E-state index in [4.69, 9.17) is 11.6 Å². The number of nitrogens with zero attached hydrogens (tertiary/aromatic N) is 2. The summed E-state index contributed by atoms with van der Waals surface area (Å²) < 4.78 is 1.58. The van der Waals surface area contributed by atoms with Gasteiger partial charge in [-0.3, -0.25) is 9.48 Å². The molecule has 4 nitrogen and oxygen atoms in total. The number of nitrogens with one attached hydrogen (secondary N) is 1. The normalized spacial score (nSPS) is 12.5. The molecule has 1 amide bonds. The average molecular weight is 230 g/mol. The van der Waals surface area contributed by atoms with Crippen molar-refractivity contribution in [3.63, 3.8) is 0 Å². The highest BCUT2D eigenvalue weighted by atomic mass is 35.5. The summed E-state index contributed by atoms with van der Waals surface area (Å²) in [4.78, 5) is 11.7. The van der Waals surface area contributed by atoms with Gasteiger partial charge in [0.1, 0.15) is 5.69 Å². The zero-order valence-electron chi connectivity index (χ0n) is 9.25. The van der Waals surface area contributed by atoms with Crippen LogP contribution in [0.2, 0.25) is 0 Å². The molecule has 0 aliphatic heterocycles. The van der Waals surface area contributed by atoms with Gasteiger partial charge in [0.2, 0.25) is 0 Å². The SMILES string of the molecule is Cc1cc(C(=O)NCC(C)CCl)n(C)n1. The van der Waals surface area contributed by atoms with Gasteiger partial charge in [-0.05, 0) is 18.9 Å². The summed E-state index contributed by atoms with van der Waals surface area (Å²) in [6, 6.07) is 1.76. The lowest BCUT2D eigenvalue weighted by Crippen LogP contribution is -2.30. The predicted molar refractivity (Wildman–Crippen MR) is 60.2 cm³/mol. The molecule has 1 aromatic heterocycles. The smallest absolute Gasteiger partial charge is 0.269 e. The van der Waals surface area contributed by atoms with Crippen LogP contribution in [0, 0.1) is 12.8 Å². The fraction of sp³-hybridized carbons (Fsp3) is 0.600. The van der Waals surface area contributed by atoms with Crippen LogP contribution in [0.15, 0.2) is 6.07 Å². The second-order valence-corrected chi connectivity index (χ2v) is 4.07. The molecule has 0 saturated carbocycles. The van der Waals surface area contributed by atoms with Crippen molar-refractivity contribution >= 4 is 17.5 Å². The number of alkyl halides is 1. The van der Waals surface area contributed by atoms with Crippen molar-refractivity contribution in [2.75, 3.05) is 12.4 Å². The van der Waals surface area contributed by atoms with Gasteiger partial charge in [-0.25, -0.2) is 0 Å². The van der Waals surface area contributed by atoms with Gasteiger partial charge in [-0.15, -0.1) is 11.6 Å². The van der Waals surface area contributed by atoms with Crippen molar-refractivity contribution in [2.45, 2.75) is 13.8 Å². The Balaban J connectivity index is 2.58. The molecule has 1 unspecified atom stereocenters. The van der Waals surface area contributed by atoms with Gasteiger partial charge in [0.15, 0.2) is 0 Å². The van der Waals surface area contributed by atoms with E-state index in [2.05, 4.69) is 10.4 Å². The third-order valence-electron chi connectivity index (χ3n) is 2.11. The van der Waals surface area contributed by atoms with Crippen LogP contribution in [0.3, 0.4) is 0 Å². The standard InChI is InChI=1S/C10H16ClN3O/c1-7(5-11)6-12-10(15)9-4-8(2)13-14(9)3/h4,7H,5-6H2,1-3H3,(H,12,15). The van der Waals surface area contributed by atoms with Gasteiger partial charge in [-0.1, -0.05) is 6.92 Å². The summed E-state index contributed by atoms with van der Waals surface area (Å²) in [5.41, 5.74) is 1.42. The number of rotatable bonds is 4. The Morgan fingerprint density at radius 2 is 2.40 bits per heavy atom. The van der Waals surface area contributed by atoms with E-state index in [1.807, 2.05) is 13.8 Å². The molecule has 1 N–H and O–H groups in total. The molecule has 0 aliphatic carbocycles. The molecule has 1 rings (SSSR count). The first kappa shape index (κ1) is 12.0. The second-order valence-electron chi connectivity index (χ2n) is 3.76. The third kappa shape index (κ3) is 3.23. The number of hydrogen-bond acceptors (Lipinski definition) is 2. The van der Waals surface area contributed by atoms with E-state index in [-0.39, 0.29) is 11.8 Å². The third-order valence-corrected chi connectivity index (χ3v) is 2.64. The van der Waals surface area contributed by atoms with Crippen molar-refractivity contribution in [2.24, 2.45) is 13.0 Å². The van der Waals surface area contributed by atoms with Crippen LogP contribution in [0.5, 0.6) is 0 Å². The molecule has 0 bridgehead atoms. The first-order valence-electron chi connectivity index (χ1n) is 4.89. The van der Waals surface area contributed by atoms with Crippen molar-refractivity contribution in [3.8, 4) is 0 Å². The fourth-order valence-corrected chi connectivity index (χ4v) is 1.34. The average Bonchev–Trinajstić information content (AvgIpc) is 2.53. The number of carbonyl (C=O) groups excluding carboxylic acids is 1. The van der Waals surface area contributed by atoms with Crippen LogP contribution in [0.4, 0.5) is 0 Å². The first-order chi connectivity index (χ1) is 7.04. The van der Waals surface area contributed by atoms with E-state index in [0.717, 1.165) is 5.69 Å². The number of carbonyl (C=O) groups is 1. The largest absolute Gasteiger partial charge is 0.350 e. The molecule has 15 heavy (non-hydrogen) atoms. The van der Waals surface area contributed by atoms with Gasteiger partial charge in [-0.2, -0.15) is 5.10 Å². The molecular formula is C10H16ClN3O. The molecule has 0 saturated heterocycles. The maximum Gasteiger partial charge on any atom is 0.269 e. The van der Waals surface area contributed by atoms with E-state index in [1.54, 1.807) is 17.8 Å². The minimum Gasteiger partial charge on any atom is -0.350 e. The maximum atomic E-state index is 11.7. The molecule has 0 aromatic carbocycles. The van der Waals surface area contributed by atoms with Crippen LogP contribution >= 0.6 is 11.6 Å². The van der Waals surface area contributed by atoms with E-state index < -0.39 is 0 Å². The summed E-state index contributed by atoms with van der Waals surface area (Å²) in [6.07, 6.45) is 0. The monoisotopic (exact) mass is 229 g/mol. The maximum absolute atomic E-state index is 11.7. The Morgan fingerprint density at radius 3 is 2.87 bits per heavy atom. The zero-order valence-corrected chi connectivity index (χ0v) is 10.0. The Morgan fingerprint density at radius 1 is 1.73 bits per heavy atom. The van der Waals surface area contributed by atoms with Crippen molar-refractivity contribution in [1.82, 2.24) is 15.1 Å². The minimum atomic E-state index is -0.102. The fourth-order valence-electron chi connectivity index (χ4n) is 1.24. The molecule has 5 heteroatoms. The summed E-state index contributed by atoms with van der Waals surface area (Å²) in [5, 5.41) is 6.93. The van der Waals surface area contributed by atoms with Crippen molar-refractivity contribution in [3.05, 3.63) is 17.5 Å². The van der Waals surface area contributed by atoms with Crippen LogP contribution < -0.4 is 5.32 Å². The molecule has 0 aliphatic rings. The van der Waals surface area contributed by atoms with Gasteiger partial charge in [0, 0.05) is 19.5 Å². The zero-order chi connectivity index (χ0) is 11.4. The van der Waals surface area contributed by atoms with Crippen LogP contribution in [0.1, 0.15) is 23.1 Å². The summed E-state index contributed by atoms with van der Waals surface area (Å²) in [5.74, 6) is 0.727. The second kappa shape index (κ2) is 5.16. The topological polar surface area (TPSA) is 46.9 Å². The van der Waals surface area contributed by atoms with E-state index in [1.165, 1.54) is 0 Å². The first-order valence-corrected chi connectivity index (χ1v) is 5.43. The highest BCUT2D eigenvalue weighted by molar-refractivity contribution is 6.18. The van der Waals surface area contributed by atoms with Gasteiger partial charge in [0.25, 0.3) is 5.91 Å². The van der Waals surface area contributed by atoms with Crippen LogP contribution in [-0.2, 0) is 7.05 Å². The molecular weight excluding hydrogens is 214 g/mol. The number of halogens is 1. The Labute approximate surface area is 94.6 Å². The summed E-state index contributed by atoms with van der Waals surface area (Å²) in [6.45, 7) is 4.44. The molecule has 0 spiro atoms. The highest BCUT2D eigenvalue weighted by Crippen LogP contribution is 2.02. The molecule has 1 aromatic rings. The van der Waals surface area contributed by atoms with Crippen LogP contribution in [0.25, 0.3) is 0 Å². The van der Waals surface area contributed by atoms with Crippen LogP contribution in [-0.4, -0.2) is 28.1 Å². The Kier molecular flexibility index (Phi) is 4.15. The lowest BCUT2D eigenvalue weighted by atomic mass is 10.2. The predicted octanol–water partition coefficient (Wildman–Crippen LogP) is 1.33. The van der Waals surface area contributed by atoms with Gasteiger partial charge in [0.05, 0.1) is 5.69 Å². The Hall–Kier alpha value is -1.03. The molecule has 0 fully saturated rings. The number of amides is 1.